The highest BCUT2D eigenvalue weighted by atomic mass is 19.4. The number of amides is 1. The van der Waals surface area contributed by atoms with Gasteiger partial charge in [-0.25, -0.2) is 4.79 Å². The molecule has 1 fully saturated rings. The van der Waals surface area contributed by atoms with E-state index in [1.54, 1.807) is 0 Å². The summed E-state index contributed by atoms with van der Waals surface area (Å²) in [5.74, 6) is -2.52. The highest BCUT2D eigenvalue weighted by Crippen LogP contribution is 2.13. The molecule has 0 spiro atoms. The van der Waals surface area contributed by atoms with Gasteiger partial charge in [-0.15, -0.1) is 0 Å². The number of hydrogen-bond acceptors (Lipinski definition) is 2. The van der Waals surface area contributed by atoms with Gasteiger partial charge in [-0.3, -0.25) is 4.79 Å². The summed E-state index contributed by atoms with van der Waals surface area (Å²) in [5.41, 5.74) is 0. The van der Waals surface area contributed by atoms with Gasteiger partial charge in [0.2, 0.25) is 5.91 Å². The fraction of sp³-hybridized carbons (Fsp3) is 0.800. The molecular weight excluding hydrogens is 239 g/mol. The molecule has 1 aliphatic rings. The van der Waals surface area contributed by atoms with E-state index in [9.17, 15) is 18.0 Å². The Morgan fingerprint density at radius 3 is 2.12 bits per heavy atom. The maximum absolute atomic E-state index is 10.9. The van der Waals surface area contributed by atoms with Crippen LogP contribution in [0.1, 0.15) is 38.5 Å². The summed E-state index contributed by atoms with van der Waals surface area (Å²) >= 11 is 0. The monoisotopic (exact) mass is 255 g/mol. The van der Waals surface area contributed by atoms with E-state index in [2.05, 4.69) is 5.32 Å². The molecule has 0 radical (unpaired) electrons. The summed E-state index contributed by atoms with van der Waals surface area (Å²) in [4.78, 5) is 19.8. The predicted molar refractivity (Wildman–Crippen MR) is 54.4 cm³/mol. The molecule has 4 nitrogen and oxygen atoms in total. The molecule has 100 valence electrons. The van der Waals surface area contributed by atoms with Crippen molar-refractivity contribution in [3.63, 3.8) is 0 Å². The summed E-state index contributed by atoms with van der Waals surface area (Å²) in [6, 6.07) is 0. The lowest BCUT2D eigenvalue weighted by Gasteiger charge is -1.99. The van der Waals surface area contributed by atoms with Crippen LogP contribution in [0.4, 0.5) is 13.2 Å². The number of alkyl halides is 3. The lowest BCUT2D eigenvalue weighted by Crippen LogP contribution is -2.23. The van der Waals surface area contributed by atoms with E-state index in [0.717, 1.165) is 25.8 Å². The van der Waals surface area contributed by atoms with Crippen LogP contribution in [-0.4, -0.2) is 29.7 Å². The summed E-state index contributed by atoms with van der Waals surface area (Å²) in [6.45, 7) is 0.888. The number of carbonyl (C=O) groups is 2. The number of halogens is 3. The predicted octanol–water partition coefficient (Wildman–Crippen LogP) is 2.09. The maximum atomic E-state index is 10.9. The van der Waals surface area contributed by atoms with Crippen molar-refractivity contribution in [2.45, 2.75) is 44.7 Å². The van der Waals surface area contributed by atoms with Crippen molar-refractivity contribution in [2.75, 3.05) is 6.54 Å². The SMILES string of the molecule is O=C(O)C(F)(F)F.O=C1CCCCCCCN1. The molecule has 0 bridgehead atoms. The molecule has 17 heavy (non-hydrogen) atoms. The summed E-state index contributed by atoms with van der Waals surface area (Å²) in [6.07, 6.45) is 1.69. The van der Waals surface area contributed by atoms with E-state index in [-0.39, 0.29) is 5.91 Å². The third kappa shape index (κ3) is 9.65. The van der Waals surface area contributed by atoms with Crippen LogP contribution in [-0.2, 0) is 9.59 Å². The van der Waals surface area contributed by atoms with Crippen LogP contribution in [0, 0.1) is 0 Å². The van der Waals surface area contributed by atoms with Crippen molar-refractivity contribution in [3.05, 3.63) is 0 Å². The Labute approximate surface area is 97.2 Å². The van der Waals surface area contributed by atoms with E-state index in [4.69, 9.17) is 9.90 Å². The highest BCUT2D eigenvalue weighted by molar-refractivity contribution is 5.75. The van der Waals surface area contributed by atoms with E-state index in [0.29, 0.717) is 0 Å². The van der Waals surface area contributed by atoms with Gasteiger partial charge in [0, 0.05) is 13.0 Å². The Hall–Kier alpha value is -1.27. The van der Waals surface area contributed by atoms with Crippen LogP contribution in [0.5, 0.6) is 0 Å². The molecule has 2 N–H and O–H groups in total. The van der Waals surface area contributed by atoms with Crippen LogP contribution in [0.2, 0.25) is 0 Å². The first-order valence-electron chi connectivity index (χ1n) is 5.41. The zero-order chi connectivity index (χ0) is 13.3. The highest BCUT2D eigenvalue weighted by Gasteiger charge is 2.38. The number of carboxylic acids is 1. The normalized spacial score (nSPS) is 17.7. The quantitative estimate of drug-likeness (QED) is 0.696. The summed E-state index contributed by atoms with van der Waals surface area (Å²) in [5, 5.41) is 10.0. The largest absolute Gasteiger partial charge is 0.490 e. The Kier molecular flexibility index (Phi) is 7.32. The van der Waals surface area contributed by atoms with Gasteiger partial charge >= 0.3 is 12.1 Å². The minimum Gasteiger partial charge on any atom is -0.475 e. The third-order valence-electron chi connectivity index (χ3n) is 2.15. The number of aliphatic carboxylic acids is 1. The van der Waals surface area contributed by atoms with Crippen LogP contribution in [0.25, 0.3) is 0 Å². The van der Waals surface area contributed by atoms with Gasteiger partial charge in [-0.05, 0) is 12.8 Å². The van der Waals surface area contributed by atoms with Crippen molar-refractivity contribution in [1.82, 2.24) is 5.32 Å². The molecule has 0 aromatic carbocycles. The molecule has 1 amide bonds. The average molecular weight is 255 g/mol. The number of rotatable bonds is 0. The Balaban J connectivity index is 0.000000325. The van der Waals surface area contributed by atoms with E-state index in [1.165, 1.54) is 19.3 Å². The van der Waals surface area contributed by atoms with Crippen molar-refractivity contribution >= 4 is 11.9 Å². The molecule has 0 unspecified atom stereocenters. The van der Waals surface area contributed by atoms with E-state index in [1.807, 2.05) is 0 Å². The zero-order valence-electron chi connectivity index (χ0n) is 9.35. The summed E-state index contributed by atoms with van der Waals surface area (Å²) < 4.78 is 31.7. The number of nitrogens with one attached hydrogen (secondary N) is 1. The van der Waals surface area contributed by atoms with Gasteiger partial charge in [0.05, 0.1) is 0 Å². The molecular formula is C10H16F3NO3. The van der Waals surface area contributed by atoms with Crippen LogP contribution in [0.3, 0.4) is 0 Å². The summed E-state index contributed by atoms with van der Waals surface area (Å²) in [7, 11) is 0. The van der Waals surface area contributed by atoms with Crippen LogP contribution < -0.4 is 5.32 Å². The molecule has 0 atom stereocenters. The minimum atomic E-state index is -5.08. The fourth-order valence-electron chi connectivity index (χ4n) is 1.26. The van der Waals surface area contributed by atoms with Crippen molar-refractivity contribution < 1.29 is 27.9 Å². The fourth-order valence-corrected chi connectivity index (χ4v) is 1.26. The second-order valence-corrected chi connectivity index (χ2v) is 3.67. The third-order valence-corrected chi connectivity index (χ3v) is 2.15. The number of carboxylic acid groups (broad SMARTS) is 1. The molecule has 0 aromatic rings. The van der Waals surface area contributed by atoms with Gasteiger partial charge in [-0.1, -0.05) is 19.3 Å². The standard InChI is InChI=1S/C8H15NO.C2HF3O2/c10-8-6-4-2-1-3-5-7-9-8;3-2(4,5)1(6)7/h1-7H2,(H,9,10);(H,6,7). The number of hydrogen-bond donors (Lipinski definition) is 2. The Morgan fingerprint density at radius 1 is 1.12 bits per heavy atom. The van der Waals surface area contributed by atoms with Crippen molar-refractivity contribution in [2.24, 2.45) is 0 Å². The Morgan fingerprint density at radius 2 is 1.59 bits per heavy atom. The van der Waals surface area contributed by atoms with Gasteiger partial charge in [0.25, 0.3) is 0 Å². The lowest BCUT2D eigenvalue weighted by molar-refractivity contribution is -0.192. The maximum Gasteiger partial charge on any atom is 0.490 e. The zero-order valence-corrected chi connectivity index (χ0v) is 9.35. The van der Waals surface area contributed by atoms with Gasteiger partial charge in [-0.2, -0.15) is 13.2 Å². The van der Waals surface area contributed by atoms with Gasteiger partial charge in [0.15, 0.2) is 0 Å². The average Bonchev–Trinajstić information content (AvgIpc) is 2.31. The Bertz CT molecular complexity index is 242. The molecule has 0 aliphatic carbocycles. The second-order valence-electron chi connectivity index (χ2n) is 3.67. The lowest BCUT2D eigenvalue weighted by atomic mass is 10.1. The topological polar surface area (TPSA) is 66.4 Å². The number of carbonyl (C=O) groups excluding carboxylic acids is 1. The molecule has 0 aromatic heterocycles. The first-order valence-corrected chi connectivity index (χ1v) is 5.41. The van der Waals surface area contributed by atoms with E-state index >= 15 is 0 Å². The molecule has 1 aliphatic heterocycles. The first-order chi connectivity index (χ1) is 7.84. The van der Waals surface area contributed by atoms with Crippen LogP contribution >= 0.6 is 0 Å². The van der Waals surface area contributed by atoms with Crippen molar-refractivity contribution in [3.8, 4) is 0 Å². The van der Waals surface area contributed by atoms with Gasteiger partial charge < -0.3 is 10.4 Å². The van der Waals surface area contributed by atoms with Crippen LogP contribution in [0.15, 0.2) is 0 Å². The second kappa shape index (κ2) is 7.92. The smallest absolute Gasteiger partial charge is 0.475 e. The molecule has 1 rings (SSSR count). The molecule has 7 heteroatoms. The molecule has 0 saturated carbocycles. The van der Waals surface area contributed by atoms with Gasteiger partial charge in [0.1, 0.15) is 0 Å². The van der Waals surface area contributed by atoms with Crippen molar-refractivity contribution in [1.29, 1.82) is 0 Å². The molecule has 1 heterocycles. The van der Waals surface area contributed by atoms with E-state index < -0.39 is 12.1 Å². The molecule has 1 saturated heterocycles. The first kappa shape index (κ1) is 15.7. The minimum absolute atomic E-state index is 0.238.